The molecule has 5 rings (SSSR count). The molecule has 8 nitrogen and oxygen atoms in total. The summed E-state index contributed by atoms with van der Waals surface area (Å²) in [4.78, 5) is 22.6. The van der Waals surface area contributed by atoms with Crippen molar-refractivity contribution in [2.75, 3.05) is 11.9 Å². The maximum Gasteiger partial charge on any atom is 0.261 e. The Morgan fingerprint density at radius 3 is 2.90 bits per heavy atom. The lowest BCUT2D eigenvalue weighted by Gasteiger charge is -2.12. The van der Waals surface area contributed by atoms with Gasteiger partial charge in [0.1, 0.15) is 11.1 Å². The van der Waals surface area contributed by atoms with Gasteiger partial charge in [-0.25, -0.2) is 4.98 Å². The summed E-state index contributed by atoms with van der Waals surface area (Å²) < 4.78 is 16.9. The van der Waals surface area contributed by atoms with Crippen LogP contribution in [0.4, 0.5) is 5.00 Å². The zero-order chi connectivity index (χ0) is 20.5. The second-order valence-electron chi connectivity index (χ2n) is 7.52. The SMILES string of the molecule is Cc1noc(-c2c(NC(=O)c3ccc(OC4CCCC4)nc3)sc3c2CCOC3)n1. The van der Waals surface area contributed by atoms with Gasteiger partial charge in [0.05, 0.1) is 24.3 Å². The first kappa shape index (κ1) is 19.2. The lowest BCUT2D eigenvalue weighted by molar-refractivity contribution is 0.102. The molecule has 2 aliphatic rings. The first-order chi connectivity index (χ1) is 14.7. The maximum absolute atomic E-state index is 12.9. The molecule has 1 amide bonds. The van der Waals surface area contributed by atoms with Crippen LogP contribution in [0.2, 0.25) is 0 Å². The largest absolute Gasteiger partial charge is 0.474 e. The van der Waals surface area contributed by atoms with Crippen LogP contribution in [-0.2, 0) is 17.8 Å². The fourth-order valence-electron chi connectivity index (χ4n) is 3.88. The van der Waals surface area contributed by atoms with Gasteiger partial charge in [0.2, 0.25) is 5.88 Å². The van der Waals surface area contributed by atoms with Crippen LogP contribution in [0.1, 0.15) is 52.3 Å². The highest BCUT2D eigenvalue weighted by Crippen LogP contribution is 2.42. The highest BCUT2D eigenvalue weighted by atomic mass is 32.1. The molecule has 9 heteroatoms. The van der Waals surface area contributed by atoms with Crippen LogP contribution in [-0.4, -0.2) is 33.7 Å². The zero-order valence-corrected chi connectivity index (χ0v) is 17.5. The Balaban J connectivity index is 1.37. The van der Waals surface area contributed by atoms with E-state index in [1.54, 1.807) is 25.3 Å². The van der Waals surface area contributed by atoms with Crippen molar-refractivity contribution in [1.29, 1.82) is 0 Å². The number of ether oxygens (including phenoxy) is 2. The number of carbonyl (C=O) groups is 1. The first-order valence-electron chi connectivity index (χ1n) is 10.1. The fraction of sp³-hybridized carbons (Fsp3) is 0.429. The van der Waals surface area contributed by atoms with E-state index >= 15 is 0 Å². The predicted octanol–water partition coefficient (Wildman–Crippen LogP) is 4.15. The van der Waals surface area contributed by atoms with Crippen molar-refractivity contribution in [2.24, 2.45) is 0 Å². The number of aryl methyl sites for hydroxylation is 1. The standard InChI is InChI=1S/C21H22N4O4S/c1-12-23-20(29-25-12)18-15-8-9-27-11-16(15)30-21(18)24-19(26)13-6-7-17(22-10-13)28-14-4-2-3-5-14/h6-7,10,14H,2-5,8-9,11H2,1H3,(H,24,26). The van der Waals surface area contributed by atoms with Gasteiger partial charge in [0.15, 0.2) is 5.82 Å². The molecular formula is C21H22N4O4S. The topological polar surface area (TPSA) is 99.4 Å². The number of thiophene rings is 1. The Morgan fingerprint density at radius 2 is 2.17 bits per heavy atom. The molecule has 0 spiro atoms. The summed E-state index contributed by atoms with van der Waals surface area (Å²) in [6.45, 7) is 2.92. The average Bonchev–Trinajstić information content (AvgIpc) is 3.48. The van der Waals surface area contributed by atoms with E-state index < -0.39 is 0 Å². The summed E-state index contributed by atoms with van der Waals surface area (Å²) in [6.07, 6.45) is 7.05. The second-order valence-corrected chi connectivity index (χ2v) is 8.63. The molecule has 0 aromatic carbocycles. The number of carbonyl (C=O) groups excluding carboxylic acids is 1. The molecular weight excluding hydrogens is 404 g/mol. The van der Waals surface area contributed by atoms with E-state index in [9.17, 15) is 4.79 Å². The lowest BCUT2D eigenvalue weighted by atomic mass is 10.1. The molecule has 1 aliphatic heterocycles. The third-order valence-corrected chi connectivity index (χ3v) is 6.50. The summed E-state index contributed by atoms with van der Waals surface area (Å²) in [7, 11) is 0. The summed E-state index contributed by atoms with van der Waals surface area (Å²) in [5.74, 6) is 1.29. The second kappa shape index (κ2) is 8.16. The van der Waals surface area contributed by atoms with Gasteiger partial charge in [0, 0.05) is 17.1 Å². The van der Waals surface area contributed by atoms with E-state index in [2.05, 4.69) is 20.4 Å². The van der Waals surface area contributed by atoms with Gasteiger partial charge in [-0.3, -0.25) is 4.79 Å². The predicted molar refractivity (Wildman–Crippen MR) is 111 cm³/mol. The van der Waals surface area contributed by atoms with Crippen molar-refractivity contribution in [1.82, 2.24) is 15.1 Å². The number of hydrogen-bond donors (Lipinski definition) is 1. The quantitative estimate of drug-likeness (QED) is 0.654. The fourth-order valence-corrected chi connectivity index (χ4v) is 5.05. The molecule has 1 fully saturated rings. The van der Waals surface area contributed by atoms with Crippen LogP contribution in [0.25, 0.3) is 11.5 Å². The van der Waals surface area contributed by atoms with E-state index in [0.29, 0.717) is 41.4 Å². The number of hydrogen-bond acceptors (Lipinski definition) is 8. The zero-order valence-electron chi connectivity index (χ0n) is 16.6. The Labute approximate surface area is 177 Å². The van der Waals surface area contributed by atoms with E-state index in [1.165, 1.54) is 24.2 Å². The number of nitrogens with one attached hydrogen (secondary N) is 1. The van der Waals surface area contributed by atoms with E-state index in [1.807, 2.05) is 0 Å². The summed E-state index contributed by atoms with van der Waals surface area (Å²) >= 11 is 1.48. The average molecular weight is 426 g/mol. The minimum Gasteiger partial charge on any atom is -0.474 e. The van der Waals surface area contributed by atoms with Crippen LogP contribution >= 0.6 is 11.3 Å². The van der Waals surface area contributed by atoms with Gasteiger partial charge in [-0.05, 0) is 50.7 Å². The van der Waals surface area contributed by atoms with Gasteiger partial charge < -0.3 is 19.3 Å². The number of anilines is 1. The Kier molecular flexibility index (Phi) is 5.22. The number of fused-ring (bicyclic) bond motifs is 1. The molecule has 1 aliphatic carbocycles. The van der Waals surface area contributed by atoms with Crippen molar-refractivity contribution in [3.8, 4) is 17.3 Å². The van der Waals surface area contributed by atoms with Crippen molar-refractivity contribution in [3.05, 3.63) is 40.2 Å². The highest BCUT2D eigenvalue weighted by Gasteiger charge is 2.27. The molecule has 3 aromatic heterocycles. The lowest BCUT2D eigenvalue weighted by Crippen LogP contribution is -2.14. The van der Waals surface area contributed by atoms with Crippen molar-refractivity contribution in [3.63, 3.8) is 0 Å². The monoisotopic (exact) mass is 426 g/mol. The minimum absolute atomic E-state index is 0.234. The third kappa shape index (κ3) is 3.82. The van der Waals surface area contributed by atoms with E-state index in [0.717, 1.165) is 35.3 Å². The first-order valence-corrected chi connectivity index (χ1v) is 11.0. The molecule has 3 aromatic rings. The number of amides is 1. The molecule has 1 saturated carbocycles. The van der Waals surface area contributed by atoms with Crippen LogP contribution in [0, 0.1) is 6.92 Å². The molecule has 1 N–H and O–H groups in total. The molecule has 0 radical (unpaired) electrons. The number of rotatable bonds is 5. The van der Waals surface area contributed by atoms with Gasteiger partial charge in [0.25, 0.3) is 11.8 Å². The third-order valence-electron chi connectivity index (χ3n) is 5.38. The van der Waals surface area contributed by atoms with Gasteiger partial charge in [-0.2, -0.15) is 4.98 Å². The summed E-state index contributed by atoms with van der Waals surface area (Å²) in [5.41, 5.74) is 2.36. The van der Waals surface area contributed by atoms with Gasteiger partial charge in [-0.15, -0.1) is 11.3 Å². The maximum atomic E-state index is 12.9. The van der Waals surface area contributed by atoms with Gasteiger partial charge in [-0.1, -0.05) is 5.16 Å². The van der Waals surface area contributed by atoms with Crippen molar-refractivity contribution >= 4 is 22.2 Å². The van der Waals surface area contributed by atoms with Gasteiger partial charge >= 0.3 is 0 Å². The molecule has 0 unspecified atom stereocenters. The van der Waals surface area contributed by atoms with E-state index in [4.69, 9.17) is 14.0 Å². The van der Waals surface area contributed by atoms with Crippen LogP contribution in [0.15, 0.2) is 22.9 Å². The van der Waals surface area contributed by atoms with Crippen LogP contribution < -0.4 is 10.1 Å². The molecule has 0 saturated heterocycles. The van der Waals surface area contributed by atoms with Crippen molar-refractivity contribution < 1.29 is 18.8 Å². The smallest absolute Gasteiger partial charge is 0.261 e. The molecule has 4 heterocycles. The summed E-state index contributed by atoms with van der Waals surface area (Å²) in [6, 6.07) is 3.49. The Hall–Kier alpha value is -2.78. The van der Waals surface area contributed by atoms with Crippen LogP contribution in [0.3, 0.4) is 0 Å². The highest BCUT2D eigenvalue weighted by molar-refractivity contribution is 7.17. The Bertz CT molecular complexity index is 1050. The normalized spacial score (nSPS) is 16.4. The molecule has 0 atom stereocenters. The molecule has 30 heavy (non-hydrogen) atoms. The number of pyridine rings is 1. The summed E-state index contributed by atoms with van der Waals surface area (Å²) in [5, 5.41) is 7.59. The molecule has 0 bridgehead atoms. The van der Waals surface area contributed by atoms with Crippen molar-refractivity contribution in [2.45, 2.75) is 51.7 Å². The Morgan fingerprint density at radius 1 is 1.30 bits per heavy atom. The minimum atomic E-state index is -0.244. The number of aromatic nitrogens is 3. The van der Waals surface area contributed by atoms with E-state index in [-0.39, 0.29) is 12.0 Å². The number of nitrogens with zero attached hydrogens (tertiary/aromatic N) is 3. The molecule has 156 valence electrons. The van der Waals surface area contributed by atoms with Crippen LogP contribution in [0.5, 0.6) is 5.88 Å².